The number of anilines is 1. The lowest BCUT2D eigenvalue weighted by Crippen LogP contribution is -2.29. The molecule has 4 rings (SSSR count). The quantitative estimate of drug-likeness (QED) is 0.318. The van der Waals surface area contributed by atoms with E-state index < -0.39 is 17.7 Å². The summed E-state index contributed by atoms with van der Waals surface area (Å²) in [5.74, 6) is -0.943. The molecular formula is C25H23NO4S. The Bertz CT molecular complexity index is 1150. The zero-order chi connectivity index (χ0) is 22.0. The Morgan fingerprint density at radius 3 is 2.61 bits per heavy atom. The van der Waals surface area contributed by atoms with E-state index >= 15 is 0 Å². The van der Waals surface area contributed by atoms with E-state index in [0.717, 1.165) is 16.9 Å². The van der Waals surface area contributed by atoms with E-state index in [9.17, 15) is 14.7 Å². The molecule has 6 heteroatoms. The topological polar surface area (TPSA) is 66.8 Å². The van der Waals surface area contributed by atoms with Crippen molar-refractivity contribution in [3.05, 3.63) is 87.6 Å². The molecule has 0 saturated carbocycles. The van der Waals surface area contributed by atoms with Crippen molar-refractivity contribution in [2.75, 3.05) is 11.5 Å². The smallest absolute Gasteiger partial charge is 0.300 e. The third-order valence-electron chi connectivity index (χ3n) is 5.12. The number of ether oxygens (including phenoxy) is 1. The van der Waals surface area contributed by atoms with Crippen LogP contribution in [0.1, 0.15) is 35.4 Å². The molecule has 1 aliphatic heterocycles. The van der Waals surface area contributed by atoms with Gasteiger partial charge in [-0.05, 0) is 54.6 Å². The first-order chi connectivity index (χ1) is 15.0. The summed E-state index contributed by atoms with van der Waals surface area (Å²) in [6.07, 6.45) is 0.857. The maximum absolute atomic E-state index is 13.1. The van der Waals surface area contributed by atoms with Crippen molar-refractivity contribution in [3.8, 4) is 5.75 Å². The Kier molecular flexibility index (Phi) is 5.91. The molecule has 1 saturated heterocycles. The Balaban J connectivity index is 1.86. The van der Waals surface area contributed by atoms with Crippen LogP contribution in [-0.4, -0.2) is 23.4 Å². The number of carbonyl (C=O) groups excluding carboxylic acids is 2. The Labute approximate surface area is 185 Å². The fourth-order valence-electron chi connectivity index (χ4n) is 3.70. The van der Waals surface area contributed by atoms with Gasteiger partial charge in [-0.25, -0.2) is 0 Å². The fourth-order valence-corrected chi connectivity index (χ4v) is 4.52. The molecule has 1 aliphatic rings. The number of aliphatic hydroxyl groups excluding tert-OH is 1. The first kappa shape index (κ1) is 20.9. The zero-order valence-electron chi connectivity index (χ0n) is 17.4. The van der Waals surface area contributed by atoms with Crippen LogP contribution in [0.3, 0.4) is 0 Å². The summed E-state index contributed by atoms with van der Waals surface area (Å²) >= 11 is 1.44. The van der Waals surface area contributed by atoms with Crippen LogP contribution in [0.15, 0.2) is 71.6 Å². The number of thiophene rings is 1. The van der Waals surface area contributed by atoms with Crippen LogP contribution in [0.4, 0.5) is 5.69 Å². The van der Waals surface area contributed by atoms with Crippen molar-refractivity contribution in [1.82, 2.24) is 0 Å². The Morgan fingerprint density at radius 1 is 1.10 bits per heavy atom. The number of carbonyl (C=O) groups is 2. The molecule has 0 spiro atoms. The average molecular weight is 434 g/mol. The monoisotopic (exact) mass is 433 g/mol. The van der Waals surface area contributed by atoms with Gasteiger partial charge in [0.05, 0.1) is 12.2 Å². The predicted molar refractivity (Wildman–Crippen MR) is 123 cm³/mol. The molecule has 1 aromatic heterocycles. The maximum Gasteiger partial charge on any atom is 0.300 e. The van der Waals surface area contributed by atoms with E-state index in [0.29, 0.717) is 23.6 Å². The van der Waals surface area contributed by atoms with E-state index in [1.807, 2.05) is 49.6 Å². The highest BCUT2D eigenvalue weighted by atomic mass is 32.1. The second-order valence-corrected chi connectivity index (χ2v) is 8.38. The second kappa shape index (κ2) is 8.78. The summed E-state index contributed by atoms with van der Waals surface area (Å²) in [6, 6.07) is 17.5. The van der Waals surface area contributed by atoms with Crippen LogP contribution in [0.25, 0.3) is 5.76 Å². The lowest BCUT2D eigenvalue weighted by molar-refractivity contribution is -0.132. The van der Waals surface area contributed by atoms with Gasteiger partial charge in [0, 0.05) is 16.1 Å². The van der Waals surface area contributed by atoms with Crippen LogP contribution in [0.2, 0.25) is 0 Å². The van der Waals surface area contributed by atoms with Crippen molar-refractivity contribution in [2.45, 2.75) is 26.3 Å². The summed E-state index contributed by atoms with van der Waals surface area (Å²) < 4.78 is 5.67. The number of ketones is 1. The molecule has 5 nitrogen and oxygen atoms in total. The number of benzene rings is 2. The van der Waals surface area contributed by atoms with Crippen molar-refractivity contribution >= 4 is 34.5 Å². The van der Waals surface area contributed by atoms with E-state index in [1.165, 1.54) is 16.2 Å². The van der Waals surface area contributed by atoms with Gasteiger partial charge in [0.15, 0.2) is 0 Å². The largest absolute Gasteiger partial charge is 0.507 e. The van der Waals surface area contributed by atoms with Crippen molar-refractivity contribution < 1.29 is 19.4 Å². The third-order valence-corrected chi connectivity index (χ3v) is 6.04. The summed E-state index contributed by atoms with van der Waals surface area (Å²) in [5, 5.41) is 13.1. The zero-order valence-corrected chi connectivity index (χ0v) is 18.2. The molecule has 0 aliphatic carbocycles. The van der Waals surface area contributed by atoms with Crippen LogP contribution < -0.4 is 9.64 Å². The van der Waals surface area contributed by atoms with E-state index in [4.69, 9.17) is 4.74 Å². The Morgan fingerprint density at radius 2 is 1.90 bits per heavy atom. The number of Topliss-reactive ketones (excluding diaryl/α,β-unsaturated/α-hetero) is 1. The van der Waals surface area contributed by atoms with Gasteiger partial charge in [-0.15, -0.1) is 11.3 Å². The van der Waals surface area contributed by atoms with Gasteiger partial charge in [0.1, 0.15) is 17.6 Å². The number of nitrogens with zero attached hydrogens (tertiary/aromatic N) is 1. The van der Waals surface area contributed by atoms with E-state index in [1.54, 1.807) is 30.3 Å². The Hall–Kier alpha value is -3.38. The van der Waals surface area contributed by atoms with Gasteiger partial charge in [-0.1, -0.05) is 37.3 Å². The maximum atomic E-state index is 13.1. The van der Waals surface area contributed by atoms with E-state index in [-0.39, 0.29) is 11.3 Å². The third kappa shape index (κ3) is 3.99. The molecule has 2 heterocycles. The minimum Gasteiger partial charge on any atom is -0.507 e. The highest BCUT2D eigenvalue weighted by Crippen LogP contribution is 2.43. The number of hydrogen-bond donors (Lipinski definition) is 1. The summed E-state index contributed by atoms with van der Waals surface area (Å²) in [7, 11) is 0. The summed E-state index contributed by atoms with van der Waals surface area (Å²) in [6.45, 7) is 4.50. The standard InChI is InChI=1S/C25H23NO4S/c1-3-12-30-19-10-5-8-17(15-19)23(27)21-22(20-11-6-13-31-20)26(25(29)24(21)28)18-9-4-7-16(2)14-18/h4-11,13-15,22,27H,3,12H2,1-2H3/b23-21-. The lowest BCUT2D eigenvalue weighted by Gasteiger charge is -2.24. The highest BCUT2D eigenvalue weighted by Gasteiger charge is 2.47. The van der Waals surface area contributed by atoms with Gasteiger partial charge in [-0.3, -0.25) is 14.5 Å². The molecule has 1 atom stereocenters. The van der Waals surface area contributed by atoms with E-state index in [2.05, 4.69) is 0 Å². The molecule has 0 bridgehead atoms. The first-order valence-corrected chi connectivity index (χ1v) is 11.0. The predicted octanol–water partition coefficient (Wildman–Crippen LogP) is 5.47. The van der Waals surface area contributed by atoms with Gasteiger partial charge in [0.25, 0.3) is 11.7 Å². The molecule has 0 radical (unpaired) electrons. The summed E-state index contributed by atoms with van der Waals surface area (Å²) in [4.78, 5) is 28.5. The molecule has 1 amide bonds. The molecule has 3 aromatic rings. The number of amides is 1. The van der Waals surface area contributed by atoms with Gasteiger partial charge < -0.3 is 9.84 Å². The van der Waals surface area contributed by atoms with Gasteiger partial charge in [-0.2, -0.15) is 0 Å². The first-order valence-electron chi connectivity index (χ1n) is 10.2. The lowest BCUT2D eigenvalue weighted by atomic mass is 9.99. The number of hydrogen-bond acceptors (Lipinski definition) is 5. The normalized spacial score (nSPS) is 17.9. The highest BCUT2D eigenvalue weighted by molar-refractivity contribution is 7.10. The molecule has 1 N–H and O–H groups in total. The molecule has 2 aromatic carbocycles. The summed E-state index contributed by atoms with van der Waals surface area (Å²) in [5.41, 5.74) is 2.13. The van der Waals surface area contributed by atoms with Crippen LogP contribution in [0.5, 0.6) is 5.75 Å². The van der Waals surface area contributed by atoms with Crippen molar-refractivity contribution in [3.63, 3.8) is 0 Å². The van der Waals surface area contributed by atoms with Gasteiger partial charge in [0.2, 0.25) is 0 Å². The van der Waals surface area contributed by atoms with Crippen molar-refractivity contribution in [1.29, 1.82) is 0 Å². The average Bonchev–Trinajstić information content (AvgIpc) is 3.39. The number of rotatable bonds is 6. The minimum atomic E-state index is -0.697. The van der Waals surface area contributed by atoms with Crippen LogP contribution in [0, 0.1) is 6.92 Å². The molecule has 158 valence electrons. The molecular weight excluding hydrogens is 410 g/mol. The minimum absolute atomic E-state index is 0.0848. The van der Waals surface area contributed by atoms with Crippen LogP contribution >= 0.6 is 11.3 Å². The SMILES string of the molecule is CCCOc1cccc(/C(O)=C2/C(=O)C(=O)N(c3cccc(C)c3)C2c2cccs2)c1. The fraction of sp³-hybridized carbons (Fsp3) is 0.200. The molecule has 1 unspecified atom stereocenters. The number of aryl methyl sites for hydroxylation is 1. The molecule has 31 heavy (non-hydrogen) atoms. The second-order valence-electron chi connectivity index (χ2n) is 7.40. The van der Waals surface area contributed by atoms with Crippen molar-refractivity contribution in [2.24, 2.45) is 0 Å². The number of aliphatic hydroxyl groups is 1. The molecule has 1 fully saturated rings. The van der Waals surface area contributed by atoms with Gasteiger partial charge >= 0.3 is 0 Å². The van der Waals surface area contributed by atoms with Crippen LogP contribution in [-0.2, 0) is 9.59 Å².